The fraction of sp³-hybridized carbons (Fsp3) is 0.556. The first kappa shape index (κ1) is 17.5. The highest BCUT2D eigenvalue weighted by Crippen LogP contribution is 2.21. The van der Waals surface area contributed by atoms with Gasteiger partial charge in [0.25, 0.3) is 5.91 Å². The van der Waals surface area contributed by atoms with Crippen molar-refractivity contribution in [3.05, 3.63) is 29.8 Å². The highest BCUT2D eigenvalue weighted by atomic mass is 16.3. The maximum atomic E-state index is 12.2. The Kier molecular flexibility index (Phi) is 6.16. The van der Waals surface area contributed by atoms with Gasteiger partial charge < -0.3 is 15.3 Å². The summed E-state index contributed by atoms with van der Waals surface area (Å²) in [7, 11) is 0. The molecule has 2 rings (SSSR count). The quantitative estimate of drug-likeness (QED) is 0.846. The molecule has 2 N–H and O–H groups in total. The summed E-state index contributed by atoms with van der Waals surface area (Å²) in [6.45, 7) is 4.79. The van der Waals surface area contributed by atoms with Gasteiger partial charge in [-0.05, 0) is 49.4 Å². The minimum absolute atomic E-state index is 0.0652. The topological polar surface area (TPSA) is 69.6 Å². The lowest BCUT2D eigenvalue weighted by Gasteiger charge is -2.27. The monoisotopic (exact) mass is 318 g/mol. The summed E-state index contributed by atoms with van der Waals surface area (Å²) in [4.78, 5) is 25.9. The van der Waals surface area contributed by atoms with Gasteiger partial charge in [-0.2, -0.15) is 0 Å². The second-order valence-electron chi connectivity index (χ2n) is 6.53. The molecule has 1 atom stereocenters. The second-order valence-corrected chi connectivity index (χ2v) is 6.53. The number of hydrogen-bond acceptors (Lipinski definition) is 3. The van der Waals surface area contributed by atoms with Crippen LogP contribution in [0.1, 0.15) is 49.9 Å². The first-order chi connectivity index (χ1) is 11.0. The number of piperidine rings is 1. The van der Waals surface area contributed by atoms with Crippen molar-refractivity contribution in [1.29, 1.82) is 0 Å². The number of carbonyl (C=O) groups is 2. The maximum Gasteiger partial charge on any atom is 0.251 e. The molecule has 1 aliphatic rings. The van der Waals surface area contributed by atoms with Gasteiger partial charge in [0, 0.05) is 24.2 Å². The summed E-state index contributed by atoms with van der Waals surface area (Å²) < 4.78 is 0. The number of amides is 2. The summed E-state index contributed by atoms with van der Waals surface area (Å²) in [6.07, 6.45) is 3.30. The molecule has 23 heavy (non-hydrogen) atoms. The van der Waals surface area contributed by atoms with E-state index in [4.69, 9.17) is 0 Å². The summed E-state index contributed by atoms with van der Waals surface area (Å²) >= 11 is 0. The molecule has 1 unspecified atom stereocenters. The molecule has 0 saturated carbocycles. The minimum atomic E-state index is -0.231. The van der Waals surface area contributed by atoms with Gasteiger partial charge in [0.15, 0.2) is 0 Å². The van der Waals surface area contributed by atoms with Crippen LogP contribution in [0.15, 0.2) is 24.3 Å². The molecule has 0 radical (unpaired) electrons. The molecule has 1 aromatic carbocycles. The molecule has 0 bridgehead atoms. The van der Waals surface area contributed by atoms with Crippen molar-refractivity contribution < 1.29 is 14.7 Å². The zero-order valence-corrected chi connectivity index (χ0v) is 13.9. The lowest BCUT2D eigenvalue weighted by Crippen LogP contribution is -2.38. The van der Waals surface area contributed by atoms with E-state index in [-0.39, 0.29) is 24.5 Å². The van der Waals surface area contributed by atoms with Gasteiger partial charge in [0.2, 0.25) is 5.91 Å². The van der Waals surface area contributed by atoms with Crippen molar-refractivity contribution in [2.75, 3.05) is 18.1 Å². The minimum Gasteiger partial charge on any atom is -0.394 e. The highest BCUT2D eigenvalue weighted by molar-refractivity contribution is 5.97. The van der Waals surface area contributed by atoms with Gasteiger partial charge in [0.05, 0.1) is 12.6 Å². The molecule has 1 fully saturated rings. The molecule has 0 aromatic heterocycles. The van der Waals surface area contributed by atoms with E-state index in [0.717, 1.165) is 31.5 Å². The summed E-state index contributed by atoms with van der Waals surface area (Å²) in [5.74, 6) is 0.354. The Balaban J connectivity index is 2.00. The van der Waals surface area contributed by atoms with Gasteiger partial charge >= 0.3 is 0 Å². The van der Waals surface area contributed by atoms with Crippen molar-refractivity contribution in [1.82, 2.24) is 5.32 Å². The Morgan fingerprint density at radius 3 is 2.52 bits per heavy atom. The molecule has 1 aromatic rings. The molecule has 1 heterocycles. The Labute approximate surface area is 137 Å². The Morgan fingerprint density at radius 2 is 1.96 bits per heavy atom. The number of nitrogens with zero attached hydrogens (tertiary/aromatic N) is 1. The van der Waals surface area contributed by atoms with Crippen molar-refractivity contribution in [2.24, 2.45) is 5.92 Å². The Bertz CT molecular complexity index is 540. The number of rotatable bonds is 6. The lowest BCUT2D eigenvalue weighted by molar-refractivity contribution is -0.119. The molecule has 0 spiro atoms. The van der Waals surface area contributed by atoms with Crippen LogP contribution in [0.3, 0.4) is 0 Å². The zero-order valence-electron chi connectivity index (χ0n) is 13.9. The van der Waals surface area contributed by atoms with Crippen LogP contribution in [0, 0.1) is 5.92 Å². The Hall–Kier alpha value is -1.88. The largest absolute Gasteiger partial charge is 0.394 e. The molecule has 0 aliphatic carbocycles. The highest BCUT2D eigenvalue weighted by Gasteiger charge is 2.20. The number of aliphatic hydroxyl groups is 1. The standard InChI is InChI=1S/C18H26N2O3/c1-13(2)11-15(12-21)19-18(23)14-6-8-16(9-7-14)20-10-4-3-5-17(20)22/h6-9,13,15,21H,3-5,10-12H2,1-2H3,(H,19,23). The number of carbonyl (C=O) groups excluding carboxylic acids is 2. The third-order valence-electron chi connectivity index (χ3n) is 4.08. The van der Waals surface area contributed by atoms with Gasteiger partial charge in [-0.25, -0.2) is 0 Å². The Morgan fingerprint density at radius 1 is 1.26 bits per heavy atom. The van der Waals surface area contributed by atoms with Gasteiger partial charge in [-0.15, -0.1) is 0 Å². The fourth-order valence-corrected chi connectivity index (χ4v) is 2.89. The van der Waals surface area contributed by atoms with Crippen LogP contribution < -0.4 is 10.2 Å². The third-order valence-corrected chi connectivity index (χ3v) is 4.08. The van der Waals surface area contributed by atoms with E-state index in [9.17, 15) is 14.7 Å². The molecule has 2 amide bonds. The SMILES string of the molecule is CC(C)CC(CO)NC(=O)c1ccc(N2CCCCC2=O)cc1. The lowest BCUT2D eigenvalue weighted by atomic mass is 10.0. The van der Waals surface area contributed by atoms with E-state index >= 15 is 0 Å². The number of anilines is 1. The average molecular weight is 318 g/mol. The summed E-state index contributed by atoms with van der Waals surface area (Å²) in [6, 6.07) is 6.86. The van der Waals surface area contributed by atoms with Gasteiger partial charge in [-0.1, -0.05) is 13.8 Å². The van der Waals surface area contributed by atoms with Crippen molar-refractivity contribution >= 4 is 17.5 Å². The average Bonchev–Trinajstić information content (AvgIpc) is 2.54. The molecular weight excluding hydrogens is 292 g/mol. The van der Waals surface area contributed by atoms with Crippen LogP contribution in [-0.4, -0.2) is 36.1 Å². The summed E-state index contributed by atoms with van der Waals surface area (Å²) in [5.41, 5.74) is 1.38. The van der Waals surface area contributed by atoms with E-state index < -0.39 is 0 Å². The van der Waals surface area contributed by atoms with Crippen molar-refractivity contribution in [3.8, 4) is 0 Å². The smallest absolute Gasteiger partial charge is 0.251 e. The normalized spacial score (nSPS) is 16.5. The van der Waals surface area contributed by atoms with Crippen molar-refractivity contribution in [2.45, 2.75) is 45.6 Å². The maximum absolute atomic E-state index is 12.2. The summed E-state index contributed by atoms with van der Waals surface area (Å²) in [5, 5.41) is 12.2. The van der Waals surface area contributed by atoms with E-state index in [2.05, 4.69) is 19.2 Å². The molecular formula is C18H26N2O3. The van der Waals surface area contributed by atoms with E-state index in [0.29, 0.717) is 17.9 Å². The fourth-order valence-electron chi connectivity index (χ4n) is 2.89. The predicted octanol–water partition coefficient (Wildman–Crippen LogP) is 2.34. The molecule has 1 aliphatic heterocycles. The van der Waals surface area contributed by atoms with Crippen LogP contribution in [0.4, 0.5) is 5.69 Å². The predicted molar refractivity (Wildman–Crippen MR) is 90.4 cm³/mol. The first-order valence-corrected chi connectivity index (χ1v) is 8.33. The molecule has 5 nitrogen and oxygen atoms in total. The van der Waals surface area contributed by atoms with E-state index in [1.165, 1.54) is 0 Å². The second kappa shape index (κ2) is 8.11. The van der Waals surface area contributed by atoms with E-state index in [1.54, 1.807) is 17.0 Å². The molecule has 5 heteroatoms. The van der Waals surface area contributed by atoms with Crippen LogP contribution >= 0.6 is 0 Å². The van der Waals surface area contributed by atoms with Gasteiger partial charge in [0.1, 0.15) is 0 Å². The van der Waals surface area contributed by atoms with Crippen LogP contribution in [0.5, 0.6) is 0 Å². The number of hydrogen-bond donors (Lipinski definition) is 2. The first-order valence-electron chi connectivity index (χ1n) is 8.33. The molecule has 126 valence electrons. The van der Waals surface area contributed by atoms with Gasteiger partial charge in [-0.3, -0.25) is 9.59 Å². The van der Waals surface area contributed by atoms with Crippen molar-refractivity contribution in [3.63, 3.8) is 0 Å². The number of benzene rings is 1. The van der Waals surface area contributed by atoms with Crippen LogP contribution in [0.25, 0.3) is 0 Å². The zero-order chi connectivity index (χ0) is 16.8. The number of aliphatic hydroxyl groups excluding tert-OH is 1. The van der Waals surface area contributed by atoms with Crippen LogP contribution in [-0.2, 0) is 4.79 Å². The van der Waals surface area contributed by atoms with Crippen LogP contribution in [0.2, 0.25) is 0 Å². The third kappa shape index (κ3) is 4.79. The molecule has 1 saturated heterocycles. The number of nitrogens with one attached hydrogen (secondary N) is 1. The van der Waals surface area contributed by atoms with E-state index in [1.807, 2.05) is 12.1 Å².